The fraction of sp³-hybridized carbons (Fsp3) is 0.765. The van der Waals surface area contributed by atoms with Crippen molar-refractivity contribution in [2.24, 2.45) is 34.4 Å². The van der Waals surface area contributed by atoms with Crippen LogP contribution in [0, 0.1) is 5.41 Å². The quantitative estimate of drug-likeness (QED) is 0.458. The Hall–Kier alpha value is -1.82. The minimum atomic E-state index is -2.87. The van der Waals surface area contributed by atoms with Crippen molar-refractivity contribution in [3.05, 3.63) is 0 Å². The van der Waals surface area contributed by atoms with E-state index in [4.69, 9.17) is 18.1 Å². The van der Waals surface area contributed by atoms with E-state index in [-0.39, 0.29) is 0 Å². The first-order valence-electron chi connectivity index (χ1n) is 10.4. The minimum absolute atomic E-state index is 0.327. The van der Waals surface area contributed by atoms with Crippen molar-refractivity contribution in [2.75, 3.05) is 82.8 Å². The van der Waals surface area contributed by atoms with Gasteiger partial charge in [-0.1, -0.05) is 0 Å². The molecule has 2 saturated heterocycles. The maximum Gasteiger partial charge on any atom is 0.347 e. The Morgan fingerprint density at radius 2 is 0.848 bits per heavy atom. The lowest BCUT2D eigenvalue weighted by Crippen LogP contribution is -2.46. The van der Waals surface area contributed by atoms with Crippen LogP contribution in [-0.4, -0.2) is 126 Å². The van der Waals surface area contributed by atoms with Gasteiger partial charge in [-0.25, -0.2) is 0 Å². The fourth-order valence-electron chi connectivity index (χ4n) is 2.96. The topological polar surface area (TPSA) is 124 Å². The first kappa shape index (κ1) is 24.3. The molecule has 0 radical (unpaired) electrons. The highest BCUT2D eigenvalue weighted by Crippen LogP contribution is 2.64. The molecule has 0 aromatic rings. The van der Waals surface area contributed by atoms with Gasteiger partial charge >= 0.3 is 15.3 Å². The van der Waals surface area contributed by atoms with Gasteiger partial charge in [0.05, 0.1) is 31.8 Å². The second-order valence-electron chi connectivity index (χ2n) is 8.98. The molecule has 14 nitrogen and oxygen atoms in total. The van der Waals surface area contributed by atoms with E-state index in [1.807, 2.05) is 76.0 Å². The largest absolute Gasteiger partial charge is 0.347 e. The van der Waals surface area contributed by atoms with Gasteiger partial charge in [-0.15, -0.1) is 0 Å². The number of nitrogens with zero attached hydrogens (tertiary/aromatic N) is 10. The highest BCUT2D eigenvalue weighted by molar-refractivity contribution is 7.56. The Morgan fingerprint density at radius 3 is 1.12 bits per heavy atom. The van der Waals surface area contributed by atoms with E-state index < -0.39 is 20.7 Å². The SMILES string of the molecule is CN(C)C1=NC(N(C)C)=NP2(=N1)OCC1(CO2)COP2(=NC(N(C)C)=NC(N(C)C)=N2)OC1. The fourth-order valence-corrected chi connectivity index (χ4v) is 7.23. The summed E-state index contributed by atoms with van der Waals surface area (Å²) in [6, 6.07) is 0. The molecule has 0 bridgehead atoms. The third-order valence-corrected chi connectivity index (χ3v) is 8.61. The first-order valence-corrected chi connectivity index (χ1v) is 13.4. The summed E-state index contributed by atoms with van der Waals surface area (Å²) in [5, 5.41) is 0. The van der Waals surface area contributed by atoms with Crippen molar-refractivity contribution in [2.45, 2.75) is 0 Å². The van der Waals surface area contributed by atoms with Gasteiger partial charge in [0.2, 0.25) is 23.8 Å². The summed E-state index contributed by atoms with van der Waals surface area (Å²) in [7, 11) is 9.23. The van der Waals surface area contributed by atoms with Gasteiger partial charge in [-0.2, -0.15) is 29.0 Å². The van der Waals surface area contributed by atoms with Gasteiger partial charge in [0, 0.05) is 56.4 Å². The van der Waals surface area contributed by atoms with E-state index >= 15 is 0 Å². The van der Waals surface area contributed by atoms with Crippen molar-refractivity contribution in [1.82, 2.24) is 19.6 Å². The lowest BCUT2D eigenvalue weighted by Gasteiger charge is -2.44. The van der Waals surface area contributed by atoms with Crippen molar-refractivity contribution in [3.8, 4) is 0 Å². The summed E-state index contributed by atoms with van der Waals surface area (Å²) >= 11 is 0. The van der Waals surface area contributed by atoms with Gasteiger partial charge < -0.3 is 37.7 Å². The van der Waals surface area contributed by atoms with Gasteiger partial charge in [-0.05, 0) is 0 Å². The highest BCUT2D eigenvalue weighted by Gasteiger charge is 2.49. The van der Waals surface area contributed by atoms with Crippen molar-refractivity contribution < 1.29 is 18.1 Å². The van der Waals surface area contributed by atoms with Crippen LogP contribution in [-0.2, 0) is 18.1 Å². The van der Waals surface area contributed by atoms with E-state index in [0.29, 0.717) is 50.3 Å². The van der Waals surface area contributed by atoms with Crippen molar-refractivity contribution >= 4 is 39.2 Å². The summed E-state index contributed by atoms with van der Waals surface area (Å²) in [6.45, 7) is 1.31. The molecular weight excluding hydrogens is 470 g/mol. The molecule has 4 aliphatic heterocycles. The second kappa shape index (κ2) is 8.75. The van der Waals surface area contributed by atoms with Crippen LogP contribution < -0.4 is 0 Å². The summed E-state index contributed by atoms with van der Waals surface area (Å²) < 4.78 is 43.3. The summed E-state index contributed by atoms with van der Waals surface area (Å²) in [4.78, 5) is 16.2. The number of guanidine groups is 4. The molecular formula is C17H32N10O4P2. The molecule has 184 valence electrons. The molecule has 4 aliphatic rings. The lowest BCUT2D eigenvalue weighted by molar-refractivity contribution is -0.0579. The molecule has 4 heterocycles. The summed E-state index contributed by atoms with van der Waals surface area (Å²) in [5.41, 5.74) is -0.497. The Bertz CT molecular complexity index is 919. The van der Waals surface area contributed by atoms with E-state index in [1.165, 1.54) is 0 Å². The maximum atomic E-state index is 6.20. The molecule has 16 heteroatoms. The van der Waals surface area contributed by atoms with Crippen LogP contribution in [0.2, 0.25) is 0 Å². The predicted octanol–water partition coefficient (Wildman–Crippen LogP) is 1.66. The van der Waals surface area contributed by atoms with Crippen LogP contribution in [0.5, 0.6) is 0 Å². The van der Waals surface area contributed by atoms with E-state index in [0.717, 1.165) is 0 Å². The third-order valence-electron chi connectivity index (χ3n) is 5.02. The molecule has 0 saturated carbocycles. The normalized spacial score (nSPS) is 33.5. The Balaban J connectivity index is 1.53. The molecule has 0 aromatic heterocycles. The van der Waals surface area contributed by atoms with Crippen LogP contribution in [0.1, 0.15) is 0 Å². The zero-order valence-corrected chi connectivity index (χ0v) is 22.1. The molecule has 0 aliphatic carbocycles. The Labute approximate surface area is 194 Å². The monoisotopic (exact) mass is 502 g/mol. The van der Waals surface area contributed by atoms with Crippen LogP contribution in [0.3, 0.4) is 0 Å². The molecule has 0 N–H and O–H groups in total. The molecule has 0 amide bonds. The average Bonchev–Trinajstić information content (AvgIpc) is 2.77. The van der Waals surface area contributed by atoms with Gasteiger partial charge in [0.1, 0.15) is 0 Å². The maximum absolute atomic E-state index is 6.20. The predicted molar refractivity (Wildman–Crippen MR) is 129 cm³/mol. The highest BCUT2D eigenvalue weighted by atomic mass is 31.2. The van der Waals surface area contributed by atoms with Crippen molar-refractivity contribution in [3.63, 3.8) is 0 Å². The second-order valence-corrected chi connectivity index (χ2v) is 12.8. The molecule has 3 spiro atoms. The molecule has 33 heavy (non-hydrogen) atoms. The lowest BCUT2D eigenvalue weighted by atomic mass is 9.93. The van der Waals surface area contributed by atoms with Crippen molar-refractivity contribution in [1.29, 1.82) is 0 Å². The molecule has 2 fully saturated rings. The van der Waals surface area contributed by atoms with Gasteiger partial charge in [0.25, 0.3) is 0 Å². The first-order chi connectivity index (χ1) is 15.5. The number of aliphatic imine (C=N–C) groups is 2. The van der Waals surface area contributed by atoms with E-state index in [1.54, 1.807) is 0 Å². The molecule has 0 unspecified atom stereocenters. The van der Waals surface area contributed by atoms with Gasteiger partial charge in [-0.3, -0.25) is 0 Å². The van der Waals surface area contributed by atoms with Gasteiger partial charge in [0.15, 0.2) is 0 Å². The summed E-state index contributed by atoms with van der Waals surface area (Å²) in [5.74, 6) is 2.06. The number of rotatable bonds is 0. The Morgan fingerprint density at radius 1 is 0.545 bits per heavy atom. The number of hydrogen-bond acceptors (Lipinski definition) is 14. The Kier molecular flexibility index (Phi) is 6.45. The zero-order chi connectivity index (χ0) is 24.0. The molecule has 0 aromatic carbocycles. The van der Waals surface area contributed by atoms with Crippen LogP contribution >= 0.6 is 15.3 Å². The number of hydrogen-bond donors (Lipinski definition) is 0. The van der Waals surface area contributed by atoms with Crippen LogP contribution in [0.4, 0.5) is 0 Å². The van der Waals surface area contributed by atoms with Crippen LogP contribution in [0.15, 0.2) is 29.0 Å². The average molecular weight is 502 g/mol. The minimum Gasteiger partial charge on any atom is -0.347 e. The summed E-state index contributed by atoms with van der Waals surface area (Å²) in [6.07, 6.45) is 0. The molecule has 4 rings (SSSR count). The van der Waals surface area contributed by atoms with E-state index in [2.05, 4.69) is 29.0 Å². The standard InChI is InChI=1S/C17H32N10O4P2/c1-24(2)13-18-14(25(3)4)21-32(20-13)28-9-17(10-29-32)11-30-33(31-12-17)22-15(26(5)6)19-16(23-33)27(7)8/h9-12H2,1-8H3. The third kappa shape index (κ3) is 4.87. The van der Waals surface area contributed by atoms with E-state index in [9.17, 15) is 0 Å². The zero-order valence-electron chi connectivity index (χ0n) is 20.3. The molecule has 0 atom stereocenters. The smallest absolute Gasteiger partial charge is 0.347 e. The van der Waals surface area contributed by atoms with Crippen LogP contribution in [0.25, 0.3) is 0 Å².